The van der Waals surface area contributed by atoms with Gasteiger partial charge in [-0.3, -0.25) is 19.4 Å². The Kier molecular flexibility index (Phi) is 21.1. The molecule has 3 amide bonds. The van der Waals surface area contributed by atoms with Crippen LogP contribution in [0.15, 0.2) is 17.4 Å². The van der Waals surface area contributed by atoms with Gasteiger partial charge >= 0.3 is 0 Å². The lowest BCUT2D eigenvalue weighted by Gasteiger charge is -2.38. The molecule has 0 spiro atoms. The number of nitrogens with two attached hydrogens (primary N) is 5. The second-order valence-corrected chi connectivity index (χ2v) is 17.4. The maximum Gasteiger partial charge on any atom is 0.248 e. The van der Waals surface area contributed by atoms with Crippen molar-refractivity contribution in [2.75, 3.05) is 120 Å². The molecule has 3 aromatic heterocycles. The number of primary amides is 1. The van der Waals surface area contributed by atoms with Crippen LogP contribution in [0.5, 0.6) is 0 Å². The summed E-state index contributed by atoms with van der Waals surface area (Å²) in [6.07, 6.45) is 10.2. The fourth-order valence-corrected chi connectivity index (χ4v) is 7.62. The topological polar surface area (TPSA) is 346 Å². The number of anilines is 3. The molecule has 5 atom stereocenters. The van der Waals surface area contributed by atoms with Gasteiger partial charge in [-0.15, -0.1) is 16.6 Å². The van der Waals surface area contributed by atoms with Gasteiger partial charge in [0.2, 0.25) is 35.6 Å². The molecule has 2 saturated heterocycles. The second kappa shape index (κ2) is 27.1. The number of terminal acetylenes is 1. The monoisotopic (exact) mass is 965 g/mol. The molecule has 2 aliphatic heterocycles. The highest BCUT2D eigenvalue weighted by Gasteiger charge is 2.34. The van der Waals surface area contributed by atoms with Gasteiger partial charge in [-0.2, -0.15) is 15.0 Å². The molecule has 26 nitrogen and oxygen atoms in total. The van der Waals surface area contributed by atoms with Crippen LogP contribution in [0, 0.1) is 24.2 Å². The summed E-state index contributed by atoms with van der Waals surface area (Å²) < 4.78 is 19.5. The van der Waals surface area contributed by atoms with E-state index in [4.69, 9.17) is 64.3 Å². The Bertz CT molecular complexity index is 2140. The highest BCUT2D eigenvalue weighted by Crippen LogP contribution is 2.26. The molecule has 26 heteroatoms. The molecular weight excluding hydrogens is 893 g/mol. The van der Waals surface area contributed by atoms with E-state index in [-0.39, 0.29) is 48.7 Å². The Labute approximate surface area is 403 Å². The number of hydrogen-bond acceptors (Lipinski definition) is 19. The smallest absolute Gasteiger partial charge is 0.248 e. The van der Waals surface area contributed by atoms with Gasteiger partial charge in [0.05, 0.1) is 75.3 Å². The van der Waals surface area contributed by atoms with E-state index in [0.717, 1.165) is 6.42 Å². The number of piperazine rings is 2. The summed E-state index contributed by atoms with van der Waals surface area (Å²) in [5, 5.41) is 20.3. The summed E-state index contributed by atoms with van der Waals surface area (Å²) in [5.74, 6) is 2.75. The predicted molar refractivity (Wildman–Crippen MR) is 257 cm³/mol. The SMILES string of the molecule is C#CCOCCOCCOCCNc1nc(N2CCN(C(=O)[C@H](CCCN=C(N)N)n3cc(C(N)[C@@H](C)CC)nn3)CC2)nc(N2CCN(C(=O)[C@H](CC(N)=O)n3cc([C@@H](N)C(C)C)nn3)CC2)n1. The van der Waals surface area contributed by atoms with Gasteiger partial charge in [0.15, 0.2) is 5.96 Å². The highest BCUT2D eigenvalue weighted by atomic mass is 16.5. The number of guanidine groups is 1. The van der Waals surface area contributed by atoms with Crippen LogP contribution in [-0.2, 0) is 28.6 Å². The van der Waals surface area contributed by atoms with Crippen LogP contribution in [0.4, 0.5) is 17.8 Å². The zero-order valence-electron chi connectivity index (χ0n) is 40.4. The van der Waals surface area contributed by atoms with Crippen LogP contribution in [-0.4, -0.2) is 184 Å². The van der Waals surface area contributed by atoms with E-state index in [9.17, 15) is 14.4 Å². The molecule has 0 bridgehead atoms. The summed E-state index contributed by atoms with van der Waals surface area (Å²) in [4.78, 5) is 66.5. The number of aromatic nitrogens is 9. The first kappa shape index (κ1) is 53.7. The minimum absolute atomic E-state index is 0.0148. The molecule has 69 heavy (non-hydrogen) atoms. The zero-order chi connectivity index (χ0) is 49.9. The third-order valence-electron chi connectivity index (χ3n) is 12.1. The molecule has 11 N–H and O–H groups in total. The second-order valence-electron chi connectivity index (χ2n) is 17.4. The number of carbonyl (C=O) groups is 3. The zero-order valence-corrected chi connectivity index (χ0v) is 40.4. The molecule has 3 aromatic rings. The first-order valence-electron chi connectivity index (χ1n) is 23.6. The minimum Gasteiger partial charge on any atom is -0.377 e. The normalized spacial score (nSPS) is 16.4. The predicted octanol–water partition coefficient (Wildman–Crippen LogP) is -1.44. The molecule has 0 aliphatic carbocycles. The number of aliphatic imine (C=N–C) groups is 1. The maximum absolute atomic E-state index is 14.3. The lowest BCUT2D eigenvalue weighted by atomic mass is 9.98. The van der Waals surface area contributed by atoms with E-state index in [1.54, 1.807) is 22.0 Å². The fraction of sp³-hybridized carbons (Fsp3) is 0.698. The van der Waals surface area contributed by atoms with Crippen molar-refractivity contribution in [2.24, 2.45) is 45.5 Å². The first-order chi connectivity index (χ1) is 33.2. The number of carbonyl (C=O) groups excluding carboxylic acids is 3. The highest BCUT2D eigenvalue weighted by molar-refractivity contribution is 5.86. The third kappa shape index (κ3) is 15.9. The Hall–Kier alpha value is -6.27. The minimum atomic E-state index is -0.983. The molecule has 1 unspecified atom stereocenters. The largest absolute Gasteiger partial charge is 0.377 e. The fourth-order valence-electron chi connectivity index (χ4n) is 7.62. The number of amides is 3. The number of rotatable bonds is 28. The third-order valence-corrected chi connectivity index (χ3v) is 12.1. The number of nitrogens with zero attached hydrogens (tertiary/aromatic N) is 14. The van der Waals surface area contributed by atoms with E-state index in [1.165, 1.54) is 4.68 Å². The molecule has 2 aliphatic rings. The number of hydrogen-bond donors (Lipinski definition) is 6. The van der Waals surface area contributed by atoms with Crippen LogP contribution < -0.4 is 43.8 Å². The average Bonchev–Trinajstić information content (AvgIpc) is 4.05. The van der Waals surface area contributed by atoms with Crippen molar-refractivity contribution in [1.82, 2.24) is 54.7 Å². The lowest BCUT2D eigenvalue weighted by Crippen LogP contribution is -2.52. The van der Waals surface area contributed by atoms with Crippen molar-refractivity contribution < 1.29 is 28.6 Å². The van der Waals surface area contributed by atoms with E-state index in [2.05, 4.69) is 50.7 Å². The van der Waals surface area contributed by atoms with Crippen LogP contribution in [0.3, 0.4) is 0 Å². The van der Waals surface area contributed by atoms with E-state index >= 15 is 0 Å². The van der Waals surface area contributed by atoms with Gasteiger partial charge in [-0.05, 0) is 24.7 Å². The van der Waals surface area contributed by atoms with Crippen LogP contribution >= 0.6 is 0 Å². The average molecular weight is 965 g/mol. The van der Waals surface area contributed by atoms with Crippen molar-refractivity contribution in [3.05, 3.63) is 23.8 Å². The summed E-state index contributed by atoms with van der Waals surface area (Å²) in [6, 6.07) is -2.34. The van der Waals surface area contributed by atoms with Crippen LogP contribution in [0.1, 0.15) is 88.9 Å². The molecule has 0 saturated carbocycles. The Balaban J connectivity index is 1.27. The Morgan fingerprint density at radius 2 is 1.28 bits per heavy atom. The maximum atomic E-state index is 14.3. The van der Waals surface area contributed by atoms with Gasteiger partial charge in [-0.1, -0.05) is 50.5 Å². The standard InChI is InChI=1S/C43H72N20O6/c1-6-20-67-22-24-69-25-23-68-21-11-50-41-51-42(53-43(52-41)61-18-14-59(15-19-61)39(66)34(26-35(44)64)63-27-31(54-57-63)36(45)29(3)4)60-16-12-58(13-17-60)38(65)33(9-8-10-49-40(47)48)62-28-32(55-56-62)37(46)30(5)7-2/h1,27-30,33-34,36-37H,7-26,45-46H2,2-5H3,(H2,44,64)(H4,47,48,49)(H,50,51,52,53)/t30-,33-,34-,36-,37?/m0/s1. The van der Waals surface area contributed by atoms with Crippen molar-refractivity contribution in [3.8, 4) is 12.3 Å². The molecule has 0 aromatic carbocycles. The number of nitrogens with one attached hydrogen (secondary N) is 1. The van der Waals surface area contributed by atoms with Gasteiger partial charge < -0.3 is 67.8 Å². The molecular formula is C43H72N20O6. The molecule has 5 rings (SSSR count). The van der Waals surface area contributed by atoms with E-state index in [0.29, 0.717) is 141 Å². The molecule has 2 fully saturated rings. The quantitative estimate of drug-likeness (QED) is 0.0210. The van der Waals surface area contributed by atoms with Crippen molar-refractivity contribution in [1.29, 1.82) is 0 Å². The van der Waals surface area contributed by atoms with E-state index in [1.807, 2.05) is 28.5 Å². The summed E-state index contributed by atoms with van der Waals surface area (Å²) in [5.41, 5.74) is 30.7. The molecule has 0 radical (unpaired) electrons. The summed E-state index contributed by atoms with van der Waals surface area (Å²) >= 11 is 0. The molecule has 5 heterocycles. The van der Waals surface area contributed by atoms with Crippen molar-refractivity contribution in [2.45, 2.75) is 77.5 Å². The Morgan fingerprint density at radius 3 is 1.80 bits per heavy atom. The van der Waals surface area contributed by atoms with Gasteiger partial charge in [0.25, 0.3) is 0 Å². The first-order valence-corrected chi connectivity index (χ1v) is 23.6. The van der Waals surface area contributed by atoms with Crippen LogP contribution in [0.2, 0.25) is 0 Å². The van der Waals surface area contributed by atoms with Gasteiger partial charge in [-0.25, -0.2) is 9.36 Å². The Morgan fingerprint density at radius 1 is 0.754 bits per heavy atom. The van der Waals surface area contributed by atoms with Crippen molar-refractivity contribution >= 4 is 41.5 Å². The van der Waals surface area contributed by atoms with E-state index < -0.39 is 24.0 Å². The number of ether oxygens (including phenoxy) is 3. The van der Waals surface area contributed by atoms with Crippen LogP contribution in [0.25, 0.3) is 0 Å². The molecule has 380 valence electrons. The lowest BCUT2D eigenvalue weighted by molar-refractivity contribution is -0.137. The summed E-state index contributed by atoms with van der Waals surface area (Å²) in [6.45, 7) is 14.0. The summed E-state index contributed by atoms with van der Waals surface area (Å²) in [7, 11) is 0. The van der Waals surface area contributed by atoms with Gasteiger partial charge in [0.1, 0.15) is 18.7 Å². The van der Waals surface area contributed by atoms with Crippen molar-refractivity contribution in [3.63, 3.8) is 0 Å². The van der Waals surface area contributed by atoms with Gasteiger partial charge in [0, 0.05) is 65.4 Å².